The minimum Gasteiger partial charge on any atom is -0.457 e. The molecule has 0 spiro atoms. The SMILES string of the molecule is C=C/C(=C\C=C(\CCc1ccc(OC(=C\C)/C(/C=C\C=C/CC)=C/C)c(C)c1)C(C)CC)CCC. The molecule has 1 atom stereocenters. The number of benzene rings is 1. The molecule has 0 saturated heterocycles. The third-order valence-corrected chi connectivity index (χ3v) is 6.34. The summed E-state index contributed by atoms with van der Waals surface area (Å²) >= 11 is 0. The number of allylic oxidation sites excluding steroid dienone is 11. The van der Waals surface area contributed by atoms with Gasteiger partial charge in [-0.05, 0) is 87.6 Å². The number of aryl methyl sites for hydroxylation is 2. The van der Waals surface area contributed by atoms with Crippen LogP contribution in [0, 0.1) is 12.8 Å². The van der Waals surface area contributed by atoms with E-state index in [0.29, 0.717) is 5.92 Å². The van der Waals surface area contributed by atoms with Gasteiger partial charge in [0.15, 0.2) is 0 Å². The van der Waals surface area contributed by atoms with E-state index in [-0.39, 0.29) is 0 Å². The Labute approximate surface area is 216 Å². The van der Waals surface area contributed by atoms with Crippen molar-refractivity contribution in [3.8, 4) is 5.75 Å². The zero-order valence-corrected chi connectivity index (χ0v) is 23.4. The molecule has 0 saturated carbocycles. The highest BCUT2D eigenvalue weighted by Gasteiger charge is 2.10. The lowest BCUT2D eigenvalue weighted by atomic mass is 9.91. The fourth-order valence-electron chi connectivity index (χ4n) is 3.88. The first kappa shape index (κ1) is 30.2. The van der Waals surface area contributed by atoms with Crippen LogP contribution in [0.5, 0.6) is 5.75 Å². The largest absolute Gasteiger partial charge is 0.457 e. The van der Waals surface area contributed by atoms with Crippen molar-refractivity contribution >= 4 is 0 Å². The fraction of sp³-hybridized carbons (Fsp3) is 0.412. The quantitative estimate of drug-likeness (QED) is 0.182. The molecule has 1 aromatic carbocycles. The van der Waals surface area contributed by atoms with Crippen LogP contribution in [0.2, 0.25) is 0 Å². The summed E-state index contributed by atoms with van der Waals surface area (Å²) in [6.07, 6.45) is 25.6. The standard InChI is InChI=1S/C34H48O/c1-9-15-16-17-19-31(13-5)33(14-6)35-34-25-22-30(26-28(34)8)21-24-32(27(7)11-3)23-20-29(12-4)18-10-2/h12-17,19-20,22-23,25-27H,4,9-11,18,21,24H2,1-3,5-8H3/b16-15-,19-17-,29-20+,31-13+,32-23-,33-14-. The Morgan fingerprint density at radius 1 is 1.03 bits per heavy atom. The monoisotopic (exact) mass is 472 g/mol. The van der Waals surface area contributed by atoms with E-state index in [1.165, 1.54) is 16.7 Å². The molecule has 1 nitrogen and oxygen atoms in total. The molecule has 0 aliphatic heterocycles. The second-order valence-corrected chi connectivity index (χ2v) is 9.04. The van der Waals surface area contributed by atoms with Gasteiger partial charge in [0, 0.05) is 5.57 Å². The molecular weight excluding hydrogens is 424 g/mol. The van der Waals surface area contributed by atoms with Crippen molar-refractivity contribution in [2.45, 2.75) is 87.0 Å². The first-order valence-corrected chi connectivity index (χ1v) is 13.4. The van der Waals surface area contributed by atoms with Gasteiger partial charge in [0.1, 0.15) is 11.5 Å². The van der Waals surface area contributed by atoms with Crippen molar-refractivity contribution in [1.29, 1.82) is 0 Å². The third kappa shape index (κ3) is 11.0. The van der Waals surface area contributed by atoms with Gasteiger partial charge in [0.25, 0.3) is 0 Å². The van der Waals surface area contributed by atoms with E-state index in [1.807, 2.05) is 26.0 Å². The van der Waals surface area contributed by atoms with Gasteiger partial charge in [-0.2, -0.15) is 0 Å². The van der Waals surface area contributed by atoms with Gasteiger partial charge < -0.3 is 4.74 Å². The molecule has 1 unspecified atom stereocenters. The summed E-state index contributed by atoms with van der Waals surface area (Å²) in [4.78, 5) is 0. The Morgan fingerprint density at radius 3 is 2.37 bits per heavy atom. The summed E-state index contributed by atoms with van der Waals surface area (Å²) in [5.74, 6) is 2.37. The van der Waals surface area contributed by atoms with Gasteiger partial charge in [-0.15, -0.1) is 0 Å². The van der Waals surface area contributed by atoms with Gasteiger partial charge in [-0.3, -0.25) is 0 Å². The van der Waals surface area contributed by atoms with E-state index < -0.39 is 0 Å². The molecule has 1 aromatic rings. The van der Waals surface area contributed by atoms with Gasteiger partial charge in [-0.25, -0.2) is 0 Å². The van der Waals surface area contributed by atoms with Crippen LogP contribution < -0.4 is 4.74 Å². The molecule has 0 heterocycles. The van der Waals surface area contributed by atoms with E-state index in [2.05, 4.69) is 102 Å². The predicted octanol–water partition coefficient (Wildman–Crippen LogP) is 10.6. The molecule has 0 radical (unpaired) electrons. The van der Waals surface area contributed by atoms with Gasteiger partial charge in [0.05, 0.1) is 0 Å². The second kappa shape index (κ2) is 17.6. The molecule has 0 amide bonds. The van der Waals surface area contributed by atoms with Gasteiger partial charge in [-0.1, -0.05) is 107 Å². The summed E-state index contributed by atoms with van der Waals surface area (Å²) in [6.45, 7) is 19.1. The molecule has 0 aliphatic carbocycles. The Hall–Kier alpha value is -2.80. The number of ether oxygens (including phenoxy) is 1. The van der Waals surface area contributed by atoms with Crippen LogP contribution in [0.1, 0.15) is 84.8 Å². The number of rotatable bonds is 15. The third-order valence-electron chi connectivity index (χ3n) is 6.34. The molecular formula is C34H48O. The van der Waals surface area contributed by atoms with Gasteiger partial charge >= 0.3 is 0 Å². The molecule has 0 fully saturated rings. The Bertz CT molecular complexity index is 962. The van der Waals surface area contributed by atoms with Crippen LogP contribution in [0.4, 0.5) is 0 Å². The molecule has 0 bridgehead atoms. The average Bonchev–Trinajstić information content (AvgIpc) is 2.87. The van der Waals surface area contributed by atoms with E-state index in [0.717, 1.165) is 61.2 Å². The lowest BCUT2D eigenvalue weighted by Gasteiger charge is -2.16. The Kier molecular flexibility index (Phi) is 15.2. The van der Waals surface area contributed by atoms with Crippen LogP contribution in [-0.4, -0.2) is 0 Å². The molecule has 1 heteroatoms. The maximum absolute atomic E-state index is 6.33. The van der Waals surface area contributed by atoms with E-state index in [4.69, 9.17) is 4.74 Å². The summed E-state index contributed by atoms with van der Waals surface area (Å²) < 4.78 is 6.33. The Morgan fingerprint density at radius 2 is 1.80 bits per heavy atom. The van der Waals surface area contributed by atoms with Crippen molar-refractivity contribution < 1.29 is 4.74 Å². The van der Waals surface area contributed by atoms with E-state index in [1.54, 1.807) is 0 Å². The summed E-state index contributed by atoms with van der Waals surface area (Å²) in [7, 11) is 0. The minimum absolute atomic E-state index is 0.583. The normalized spacial score (nSPS) is 14.7. The van der Waals surface area contributed by atoms with Crippen molar-refractivity contribution in [1.82, 2.24) is 0 Å². The van der Waals surface area contributed by atoms with Gasteiger partial charge in [0.2, 0.25) is 0 Å². The van der Waals surface area contributed by atoms with Crippen LogP contribution in [0.25, 0.3) is 0 Å². The Balaban J connectivity index is 2.98. The number of hydrogen-bond donors (Lipinski definition) is 0. The van der Waals surface area contributed by atoms with Crippen molar-refractivity contribution in [3.05, 3.63) is 113 Å². The molecule has 35 heavy (non-hydrogen) atoms. The smallest absolute Gasteiger partial charge is 0.130 e. The molecule has 0 aliphatic rings. The van der Waals surface area contributed by atoms with E-state index in [9.17, 15) is 0 Å². The van der Waals surface area contributed by atoms with Crippen molar-refractivity contribution in [3.63, 3.8) is 0 Å². The molecule has 1 rings (SSSR count). The van der Waals surface area contributed by atoms with Crippen LogP contribution in [-0.2, 0) is 6.42 Å². The predicted molar refractivity (Wildman–Crippen MR) is 157 cm³/mol. The summed E-state index contributed by atoms with van der Waals surface area (Å²) in [5, 5.41) is 0. The number of hydrogen-bond acceptors (Lipinski definition) is 1. The zero-order valence-electron chi connectivity index (χ0n) is 23.4. The van der Waals surface area contributed by atoms with Crippen molar-refractivity contribution in [2.75, 3.05) is 0 Å². The highest BCUT2D eigenvalue weighted by Crippen LogP contribution is 2.27. The zero-order chi connectivity index (χ0) is 26.1. The van der Waals surface area contributed by atoms with E-state index >= 15 is 0 Å². The van der Waals surface area contributed by atoms with Crippen LogP contribution >= 0.6 is 0 Å². The van der Waals surface area contributed by atoms with Crippen LogP contribution in [0.3, 0.4) is 0 Å². The second-order valence-electron chi connectivity index (χ2n) is 9.04. The molecule has 0 N–H and O–H groups in total. The average molecular weight is 473 g/mol. The minimum atomic E-state index is 0.583. The first-order valence-electron chi connectivity index (χ1n) is 13.4. The highest BCUT2D eigenvalue weighted by atomic mass is 16.5. The highest BCUT2D eigenvalue weighted by molar-refractivity contribution is 5.43. The molecule has 190 valence electrons. The van der Waals surface area contributed by atoms with Crippen molar-refractivity contribution in [2.24, 2.45) is 5.92 Å². The first-order chi connectivity index (χ1) is 16.9. The molecule has 0 aromatic heterocycles. The fourth-order valence-corrected chi connectivity index (χ4v) is 3.88. The van der Waals surface area contributed by atoms with Crippen LogP contribution in [0.15, 0.2) is 102 Å². The summed E-state index contributed by atoms with van der Waals surface area (Å²) in [5.41, 5.74) is 6.43. The summed E-state index contributed by atoms with van der Waals surface area (Å²) in [6, 6.07) is 6.60. The maximum atomic E-state index is 6.33. The lowest BCUT2D eigenvalue weighted by molar-refractivity contribution is 0.434. The maximum Gasteiger partial charge on any atom is 0.130 e. The lowest BCUT2D eigenvalue weighted by Crippen LogP contribution is -2.02. The topological polar surface area (TPSA) is 9.23 Å².